The molecule has 0 aliphatic heterocycles. The number of nitro groups is 1. The van der Waals surface area contributed by atoms with Crippen molar-refractivity contribution in [2.75, 3.05) is 7.11 Å². The van der Waals surface area contributed by atoms with Crippen molar-refractivity contribution in [2.45, 2.75) is 5.88 Å². The molecular weight excluding hydrogens is 282 g/mol. The van der Waals surface area contributed by atoms with E-state index in [9.17, 15) is 10.1 Å². The predicted octanol–water partition coefficient (Wildman–Crippen LogP) is 4.13. The van der Waals surface area contributed by atoms with Crippen LogP contribution in [0, 0.1) is 10.1 Å². The maximum atomic E-state index is 10.8. The predicted molar refractivity (Wildman–Crippen MR) is 75.7 cm³/mol. The van der Waals surface area contributed by atoms with Crippen molar-refractivity contribution in [3.8, 4) is 17.2 Å². The van der Waals surface area contributed by atoms with Gasteiger partial charge in [-0.25, -0.2) is 0 Å². The zero-order chi connectivity index (χ0) is 14.5. The van der Waals surface area contributed by atoms with E-state index in [4.69, 9.17) is 21.1 Å². The molecule has 0 aliphatic rings. The number of hydrogen-bond donors (Lipinski definition) is 0. The van der Waals surface area contributed by atoms with Crippen molar-refractivity contribution in [2.24, 2.45) is 0 Å². The van der Waals surface area contributed by atoms with E-state index in [2.05, 4.69) is 0 Å². The molecule has 0 spiro atoms. The second-order valence-electron chi connectivity index (χ2n) is 3.97. The Labute approximate surface area is 120 Å². The van der Waals surface area contributed by atoms with Gasteiger partial charge in [-0.1, -0.05) is 12.1 Å². The van der Waals surface area contributed by atoms with E-state index < -0.39 is 4.92 Å². The quantitative estimate of drug-likeness (QED) is 0.472. The van der Waals surface area contributed by atoms with Crippen LogP contribution in [-0.4, -0.2) is 12.0 Å². The SMILES string of the molecule is COc1ccc([N+](=O)[O-])cc1Oc1ccc(CCl)cc1. The summed E-state index contributed by atoms with van der Waals surface area (Å²) in [6.45, 7) is 0. The lowest BCUT2D eigenvalue weighted by Crippen LogP contribution is -1.93. The molecule has 2 rings (SSSR count). The van der Waals surface area contributed by atoms with Gasteiger partial charge in [-0.15, -0.1) is 11.6 Å². The van der Waals surface area contributed by atoms with Gasteiger partial charge in [0.25, 0.3) is 5.69 Å². The number of halogens is 1. The highest BCUT2D eigenvalue weighted by molar-refractivity contribution is 6.17. The summed E-state index contributed by atoms with van der Waals surface area (Å²) >= 11 is 5.71. The van der Waals surface area contributed by atoms with Crippen LogP contribution in [0.4, 0.5) is 5.69 Å². The number of nitrogens with zero attached hydrogens (tertiary/aromatic N) is 1. The van der Waals surface area contributed by atoms with E-state index in [1.54, 1.807) is 12.1 Å². The first-order valence-electron chi connectivity index (χ1n) is 5.79. The van der Waals surface area contributed by atoms with Crippen molar-refractivity contribution >= 4 is 17.3 Å². The highest BCUT2D eigenvalue weighted by Crippen LogP contribution is 2.34. The van der Waals surface area contributed by atoms with E-state index in [0.29, 0.717) is 23.1 Å². The lowest BCUT2D eigenvalue weighted by atomic mass is 10.2. The third-order valence-electron chi connectivity index (χ3n) is 2.66. The first-order chi connectivity index (χ1) is 9.63. The van der Waals surface area contributed by atoms with Crippen molar-refractivity contribution in [3.63, 3.8) is 0 Å². The molecule has 0 bridgehead atoms. The van der Waals surface area contributed by atoms with Gasteiger partial charge in [0, 0.05) is 11.9 Å². The van der Waals surface area contributed by atoms with Gasteiger partial charge < -0.3 is 9.47 Å². The van der Waals surface area contributed by atoms with Gasteiger partial charge >= 0.3 is 0 Å². The lowest BCUT2D eigenvalue weighted by Gasteiger charge is -2.10. The average Bonchev–Trinajstić information content (AvgIpc) is 2.48. The van der Waals surface area contributed by atoms with E-state index >= 15 is 0 Å². The summed E-state index contributed by atoms with van der Waals surface area (Å²) < 4.78 is 10.7. The molecule has 0 unspecified atom stereocenters. The molecule has 0 heterocycles. The third kappa shape index (κ3) is 3.19. The standard InChI is InChI=1S/C14H12ClNO4/c1-19-13-7-4-11(16(17)18)8-14(13)20-12-5-2-10(9-15)3-6-12/h2-8H,9H2,1H3. The fourth-order valence-corrected chi connectivity index (χ4v) is 1.81. The van der Waals surface area contributed by atoms with Gasteiger partial charge in [0.2, 0.25) is 0 Å². The molecule has 0 saturated carbocycles. The van der Waals surface area contributed by atoms with Crippen LogP contribution >= 0.6 is 11.6 Å². The number of nitro benzene ring substituents is 1. The Hall–Kier alpha value is -2.27. The van der Waals surface area contributed by atoms with Crippen LogP contribution in [0.5, 0.6) is 17.2 Å². The average molecular weight is 294 g/mol. The topological polar surface area (TPSA) is 61.6 Å². The van der Waals surface area contributed by atoms with Crippen molar-refractivity contribution < 1.29 is 14.4 Å². The summed E-state index contributed by atoms with van der Waals surface area (Å²) in [7, 11) is 1.48. The minimum Gasteiger partial charge on any atom is -0.493 e. The Bertz CT molecular complexity index is 613. The van der Waals surface area contributed by atoms with Crippen LogP contribution in [0.1, 0.15) is 5.56 Å². The smallest absolute Gasteiger partial charge is 0.273 e. The first-order valence-corrected chi connectivity index (χ1v) is 6.32. The van der Waals surface area contributed by atoms with Gasteiger partial charge in [-0.05, 0) is 23.8 Å². The van der Waals surface area contributed by atoms with Crippen LogP contribution in [-0.2, 0) is 5.88 Å². The maximum Gasteiger partial charge on any atom is 0.273 e. The first kappa shape index (κ1) is 14.1. The van der Waals surface area contributed by atoms with E-state index in [0.717, 1.165) is 5.56 Å². The Balaban J connectivity index is 2.30. The second kappa shape index (κ2) is 6.25. The minimum atomic E-state index is -0.483. The highest BCUT2D eigenvalue weighted by Gasteiger charge is 2.13. The molecule has 104 valence electrons. The van der Waals surface area contributed by atoms with Gasteiger partial charge in [-0.3, -0.25) is 10.1 Å². The molecule has 0 saturated heterocycles. The third-order valence-corrected chi connectivity index (χ3v) is 2.97. The number of benzene rings is 2. The van der Waals surface area contributed by atoms with Crippen molar-refractivity contribution in [1.29, 1.82) is 0 Å². The highest BCUT2D eigenvalue weighted by atomic mass is 35.5. The number of non-ortho nitro benzene ring substituents is 1. The van der Waals surface area contributed by atoms with Gasteiger partial charge in [-0.2, -0.15) is 0 Å². The van der Waals surface area contributed by atoms with Crippen LogP contribution in [0.25, 0.3) is 0 Å². The van der Waals surface area contributed by atoms with Gasteiger partial charge in [0.15, 0.2) is 11.5 Å². The number of hydrogen-bond acceptors (Lipinski definition) is 4. The molecule has 2 aromatic rings. The fourth-order valence-electron chi connectivity index (χ4n) is 1.63. The van der Waals surface area contributed by atoms with Crippen molar-refractivity contribution in [1.82, 2.24) is 0 Å². The van der Waals surface area contributed by atoms with Crippen molar-refractivity contribution in [3.05, 3.63) is 58.1 Å². The summed E-state index contributed by atoms with van der Waals surface area (Å²) in [4.78, 5) is 10.3. The number of rotatable bonds is 5. The van der Waals surface area contributed by atoms with Gasteiger partial charge in [0.05, 0.1) is 18.1 Å². The molecule has 20 heavy (non-hydrogen) atoms. The molecule has 0 aromatic heterocycles. The Kier molecular flexibility index (Phi) is 4.42. The Morgan fingerprint density at radius 1 is 1.15 bits per heavy atom. The van der Waals surface area contributed by atoms with E-state index in [1.165, 1.54) is 25.3 Å². The summed E-state index contributed by atoms with van der Waals surface area (Å²) in [5.41, 5.74) is 0.906. The summed E-state index contributed by atoms with van der Waals surface area (Å²) in [6, 6.07) is 11.3. The summed E-state index contributed by atoms with van der Waals surface area (Å²) in [5, 5.41) is 10.8. The minimum absolute atomic E-state index is 0.0572. The maximum absolute atomic E-state index is 10.8. The Morgan fingerprint density at radius 3 is 2.40 bits per heavy atom. The molecule has 0 aliphatic carbocycles. The van der Waals surface area contributed by atoms with Crippen LogP contribution in [0.2, 0.25) is 0 Å². The molecule has 2 aromatic carbocycles. The molecule has 6 heteroatoms. The molecule has 0 N–H and O–H groups in total. The largest absolute Gasteiger partial charge is 0.493 e. The van der Waals surface area contributed by atoms with Crippen LogP contribution < -0.4 is 9.47 Å². The molecule has 0 fully saturated rings. The van der Waals surface area contributed by atoms with E-state index in [-0.39, 0.29) is 5.69 Å². The Morgan fingerprint density at radius 2 is 1.85 bits per heavy atom. The molecule has 5 nitrogen and oxygen atoms in total. The monoisotopic (exact) mass is 293 g/mol. The van der Waals surface area contributed by atoms with E-state index in [1.807, 2.05) is 12.1 Å². The molecule has 0 atom stereocenters. The number of ether oxygens (including phenoxy) is 2. The van der Waals surface area contributed by atoms with Gasteiger partial charge in [0.1, 0.15) is 5.75 Å². The summed E-state index contributed by atoms with van der Waals surface area (Å²) in [6.07, 6.45) is 0. The summed E-state index contributed by atoms with van der Waals surface area (Å²) in [5.74, 6) is 1.69. The number of alkyl halides is 1. The second-order valence-corrected chi connectivity index (χ2v) is 4.24. The molecule has 0 radical (unpaired) electrons. The zero-order valence-electron chi connectivity index (χ0n) is 10.7. The normalized spacial score (nSPS) is 10.1. The zero-order valence-corrected chi connectivity index (χ0v) is 11.5. The van der Waals surface area contributed by atoms with Crippen LogP contribution in [0.3, 0.4) is 0 Å². The van der Waals surface area contributed by atoms with Crippen LogP contribution in [0.15, 0.2) is 42.5 Å². The molecular formula is C14H12ClNO4. The molecule has 0 amide bonds. The fraction of sp³-hybridized carbons (Fsp3) is 0.143. The number of methoxy groups -OCH3 is 1. The lowest BCUT2D eigenvalue weighted by molar-refractivity contribution is -0.384.